The fourth-order valence-corrected chi connectivity index (χ4v) is 10.7. The van der Waals surface area contributed by atoms with E-state index in [0.29, 0.717) is 0 Å². The molecule has 158 valence electrons. The molecule has 0 spiro atoms. The fraction of sp³-hybridized carbons (Fsp3) is 0.778. The molecular weight excluding hydrogens is 355 g/mol. The third-order valence-electron chi connectivity index (χ3n) is 8.05. The van der Waals surface area contributed by atoms with Gasteiger partial charge in [0.25, 0.3) is 0 Å². The molecule has 2 aliphatic rings. The van der Waals surface area contributed by atoms with Crippen LogP contribution in [0.5, 0.6) is 0 Å². The zero-order chi connectivity index (χ0) is 20.6. The van der Waals surface area contributed by atoms with Gasteiger partial charge in [0.05, 0.1) is 0 Å². The predicted molar refractivity (Wildman–Crippen MR) is 128 cm³/mol. The molecule has 3 rings (SSSR count). The Kier molecular flexibility index (Phi) is 7.34. The summed E-state index contributed by atoms with van der Waals surface area (Å²) in [6.45, 7) is 19.8. The Morgan fingerprint density at radius 1 is 0.643 bits per heavy atom. The second-order valence-corrected chi connectivity index (χ2v) is 13.7. The van der Waals surface area contributed by atoms with Crippen LogP contribution in [0.2, 0.25) is 0 Å². The van der Waals surface area contributed by atoms with Gasteiger partial charge in [-0.2, -0.15) is 0 Å². The van der Waals surface area contributed by atoms with E-state index in [9.17, 15) is 0 Å². The highest BCUT2D eigenvalue weighted by atomic mass is 31.1. The minimum absolute atomic E-state index is 0.0595. The Morgan fingerprint density at radius 3 is 1.54 bits per heavy atom. The molecule has 0 radical (unpaired) electrons. The van der Waals surface area contributed by atoms with Gasteiger partial charge in [-0.25, -0.2) is 0 Å². The van der Waals surface area contributed by atoms with Crippen molar-refractivity contribution in [3.05, 3.63) is 29.8 Å². The molecule has 1 aliphatic heterocycles. The molecule has 1 saturated carbocycles. The van der Waals surface area contributed by atoms with E-state index in [-0.39, 0.29) is 7.92 Å². The third kappa shape index (κ3) is 4.24. The van der Waals surface area contributed by atoms with Crippen molar-refractivity contribution in [3.8, 4) is 0 Å². The lowest BCUT2D eigenvalue weighted by Gasteiger charge is -2.37. The standard InChI is InChI=1S/C27H45P/c1-17(2)21-13-14-22(18(3)4)27(21)23-11-9-10-12-26(23)28-24(19(5)6)15-16-25(28)20(7)8/h9-12,17-22,24-25,27H,13-16H2,1-8H3/t21-,22-,24-,25-/m1/s1. The Labute approximate surface area is 177 Å². The molecule has 4 atom stereocenters. The highest BCUT2D eigenvalue weighted by Gasteiger charge is 2.44. The van der Waals surface area contributed by atoms with Gasteiger partial charge in [-0.05, 0) is 89.3 Å². The lowest BCUT2D eigenvalue weighted by atomic mass is 9.75. The van der Waals surface area contributed by atoms with Crippen molar-refractivity contribution in [2.45, 2.75) is 98.3 Å². The van der Waals surface area contributed by atoms with Crippen LogP contribution in [-0.2, 0) is 0 Å². The van der Waals surface area contributed by atoms with Gasteiger partial charge in [0.2, 0.25) is 0 Å². The quantitative estimate of drug-likeness (QED) is 0.424. The highest BCUT2D eigenvalue weighted by molar-refractivity contribution is 7.67. The number of rotatable bonds is 6. The maximum atomic E-state index is 2.56. The molecule has 0 amide bonds. The second-order valence-electron chi connectivity index (χ2n) is 11.1. The van der Waals surface area contributed by atoms with Crippen LogP contribution < -0.4 is 5.30 Å². The summed E-state index contributed by atoms with van der Waals surface area (Å²) >= 11 is 0. The van der Waals surface area contributed by atoms with Gasteiger partial charge < -0.3 is 0 Å². The average molecular weight is 401 g/mol. The number of benzene rings is 1. The van der Waals surface area contributed by atoms with Crippen molar-refractivity contribution in [2.24, 2.45) is 35.5 Å². The molecule has 0 nitrogen and oxygen atoms in total. The van der Waals surface area contributed by atoms with Crippen LogP contribution in [0.1, 0.15) is 92.6 Å². The fourth-order valence-electron chi connectivity index (χ4n) is 6.56. The molecule has 2 fully saturated rings. The highest BCUT2D eigenvalue weighted by Crippen LogP contribution is 2.61. The Bertz CT molecular complexity index is 542. The lowest BCUT2D eigenvalue weighted by Crippen LogP contribution is -2.29. The molecule has 1 aromatic rings. The first-order valence-electron chi connectivity index (χ1n) is 12.1. The first-order valence-corrected chi connectivity index (χ1v) is 13.6. The monoisotopic (exact) mass is 400 g/mol. The minimum atomic E-state index is -0.0595. The van der Waals surface area contributed by atoms with Gasteiger partial charge in [0.15, 0.2) is 0 Å². The summed E-state index contributed by atoms with van der Waals surface area (Å²) in [6, 6.07) is 9.79. The van der Waals surface area contributed by atoms with Crippen molar-refractivity contribution in [1.82, 2.24) is 0 Å². The summed E-state index contributed by atoms with van der Waals surface area (Å²) in [7, 11) is -0.0595. The molecule has 1 heterocycles. The van der Waals surface area contributed by atoms with E-state index < -0.39 is 0 Å². The molecular formula is C27H45P. The molecule has 0 unspecified atom stereocenters. The van der Waals surface area contributed by atoms with Crippen molar-refractivity contribution in [2.75, 3.05) is 0 Å². The Hall–Kier alpha value is -0.350. The summed E-state index contributed by atoms with van der Waals surface area (Å²) in [4.78, 5) is 0. The van der Waals surface area contributed by atoms with E-state index in [1.54, 1.807) is 10.9 Å². The van der Waals surface area contributed by atoms with Crippen LogP contribution in [-0.4, -0.2) is 11.3 Å². The molecule has 28 heavy (non-hydrogen) atoms. The van der Waals surface area contributed by atoms with E-state index in [1.165, 1.54) is 25.7 Å². The minimum Gasteiger partial charge on any atom is -0.0681 e. The van der Waals surface area contributed by atoms with Crippen LogP contribution in [0.4, 0.5) is 0 Å². The Balaban J connectivity index is 2.08. The van der Waals surface area contributed by atoms with Gasteiger partial charge in [0, 0.05) is 0 Å². The molecule has 1 aliphatic carbocycles. The third-order valence-corrected chi connectivity index (χ3v) is 12.2. The van der Waals surface area contributed by atoms with Crippen molar-refractivity contribution in [3.63, 3.8) is 0 Å². The van der Waals surface area contributed by atoms with Gasteiger partial charge in [0.1, 0.15) is 0 Å². The predicted octanol–water partition coefficient (Wildman–Crippen LogP) is 8.06. The van der Waals surface area contributed by atoms with Crippen molar-refractivity contribution >= 4 is 13.2 Å². The second kappa shape index (κ2) is 9.20. The molecule has 1 aromatic carbocycles. The van der Waals surface area contributed by atoms with E-state index in [1.807, 2.05) is 0 Å². The number of hydrogen-bond donors (Lipinski definition) is 0. The maximum Gasteiger partial charge on any atom is -0.00941 e. The van der Waals surface area contributed by atoms with Gasteiger partial charge >= 0.3 is 0 Å². The molecule has 1 heteroatoms. The van der Waals surface area contributed by atoms with Crippen molar-refractivity contribution in [1.29, 1.82) is 0 Å². The first kappa shape index (κ1) is 22.3. The topological polar surface area (TPSA) is 0 Å². The first-order chi connectivity index (χ1) is 13.2. The largest absolute Gasteiger partial charge is 0.0681 e. The van der Waals surface area contributed by atoms with E-state index in [2.05, 4.69) is 79.7 Å². The SMILES string of the molecule is CC(C)[C@H]1CC[C@H](C(C)C)C1c1ccccc1P1[C@@H](C(C)C)CC[C@@H]1C(C)C. The lowest BCUT2D eigenvalue weighted by molar-refractivity contribution is 0.287. The summed E-state index contributed by atoms with van der Waals surface area (Å²) in [5.74, 6) is 5.71. The summed E-state index contributed by atoms with van der Waals surface area (Å²) in [5.41, 5.74) is 3.60. The van der Waals surface area contributed by atoms with E-state index in [0.717, 1.165) is 52.7 Å². The van der Waals surface area contributed by atoms with Crippen LogP contribution in [0.3, 0.4) is 0 Å². The van der Waals surface area contributed by atoms with E-state index in [4.69, 9.17) is 0 Å². The normalized spacial score (nSPS) is 31.8. The maximum absolute atomic E-state index is 2.56. The van der Waals surface area contributed by atoms with Crippen LogP contribution >= 0.6 is 7.92 Å². The Morgan fingerprint density at radius 2 is 1.11 bits per heavy atom. The smallest absolute Gasteiger partial charge is 0.00941 e. The van der Waals surface area contributed by atoms with Crippen LogP contribution in [0.15, 0.2) is 24.3 Å². The summed E-state index contributed by atoms with van der Waals surface area (Å²) in [5, 5.41) is 1.80. The summed E-state index contributed by atoms with van der Waals surface area (Å²) < 4.78 is 0. The van der Waals surface area contributed by atoms with Crippen LogP contribution in [0, 0.1) is 35.5 Å². The van der Waals surface area contributed by atoms with Crippen LogP contribution in [0.25, 0.3) is 0 Å². The zero-order valence-corrected chi connectivity index (χ0v) is 20.7. The molecule has 0 aromatic heterocycles. The van der Waals surface area contributed by atoms with Gasteiger partial charge in [-0.15, -0.1) is 0 Å². The molecule has 0 bridgehead atoms. The summed E-state index contributed by atoms with van der Waals surface area (Å²) in [6.07, 6.45) is 5.76. The molecule has 1 saturated heterocycles. The molecule has 0 N–H and O–H groups in total. The van der Waals surface area contributed by atoms with Gasteiger partial charge in [-0.1, -0.05) is 87.6 Å². The van der Waals surface area contributed by atoms with Crippen molar-refractivity contribution < 1.29 is 0 Å². The van der Waals surface area contributed by atoms with E-state index >= 15 is 0 Å². The van der Waals surface area contributed by atoms with Gasteiger partial charge in [-0.3, -0.25) is 0 Å². The number of hydrogen-bond acceptors (Lipinski definition) is 0. The average Bonchev–Trinajstić information content (AvgIpc) is 3.26. The zero-order valence-electron chi connectivity index (χ0n) is 19.8.